The minimum atomic E-state index is -0.106. The predicted molar refractivity (Wildman–Crippen MR) is 69.7 cm³/mol. The zero-order valence-electron chi connectivity index (χ0n) is 10.0. The van der Waals surface area contributed by atoms with E-state index in [0.29, 0.717) is 0 Å². The fourth-order valence-corrected chi connectivity index (χ4v) is 2.95. The average molecular weight is 249 g/mol. The SMILES string of the molecule is CC1(C)CN(c2ncnc3sccc23)CCO1. The van der Waals surface area contributed by atoms with Crippen molar-refractivity contribution in [3.63, 3.8) is 0 Å². The first-order valence-electron chi connectivity index (χ1n) is 5.73. The second-order valence-corrected chi connectivity index (χ2v) is 5.76. The summed E-state index contributed by atoms with van der Waals surface area (Å²) in [6.07, 6.45) is 1.65. The van der Waals surface area contributed by atoms with Crippen LogP contribution in [0.15, 0.2) is 17.8 Å². The fourth-order valence-electron chi connectivity index (χ4n) is 2.23. The smallest absolute Gasteiger partial charge is 0.140 e. The molecule has 3 heterocycles. The molecular formula is C12H15N3OS. The number of hydrogen-bond acceptors (Lipinski definition) is 5. The molecule has 0 aliphatic carbocycles. The number of aromatic nitrogens is 2. The zero-order valence-corrected chi connectivity index (χ0v) is 10.8. The third-order valence-corrected chi connectivity index (χ3v) is 3.79. The van der Waals surface area contributed by atoms with Gasteiger partial charge in [0.15, 0.2) is 0 Å². The van der Waals surface area contributed by atoms with Crippen molar-refractivity contribution in [2.24, 2.45) is 0 Å². The normalized spacial score (nSPS) is 19.8. The van der Waals surface area contributed by atoms with Crippen molar-refractivity contribution in [3.05, 3.63) is 17.8 Å². The van der Waals surface area contributed by atoms with Gasteiger partial charge in [-0.1, -0.05) is 0 Å². The topological polar surface area (TPSA) is 38.2 Å². The summed E-state index contributed by atoms with van der Waals surface area (Å²) in [6.45, 7) is 6.75. The van der Waals surface area contributed by atoms with Crippen molar-refractivity contribution in [1.29, 1.82) is 0 Å². The van der Waals surface area contributed by atoms with Gasteiger partial charge in [-0.15, -0.1) is 11.3 Å². The van der Waals surface area contributed by atoms with E-state index in [4.69, 9.17) is 4.74 Å². The molecule has 1 aliphatic rings. The molecule has 1 aliphatic heterocycles. The molecule has 90 valence electrons. The molecule has 0 saturated carbocycles. The van der Waals surface area contributed by atoms with Gasteiger partial charge in [-0.05, 0) is 25.3 Å². The second kappa shape index (κ2) is 3.92. The van der Waals surface area contributed by atoms with E-state index >= 15 is 0 Å². The molecule has 17 heavy (non-hydrogen) atoms. The Morgan fingerprint density at radius 2 is 2.29 bits per heavy atom. The summed E-state index contributed by atoms with van der Waals surface area (Å²) in [5.41, 5.74) is -0.106. The number of thiophene rings is 1. The molecule has 0 bridgehead atoms. The van der Waals surface area contributed by atoms with E-state index in [9.17, 15) is 0 Å². The van der Waals surface area contributed by atoms with E-state index < -0.39 is 0 Å². The summed E-state index contributed by atoms with van der Waals surface area (Å²) in [4.78, 5) is 12.1. The van der Waals surface area contributed by atoms with Crippen molar-refractivity contribution in [3.8, 4) is 0 Å². The lowest BCUT2D eigenvalue weighted by Gasteiger charge is -2.38. The average Bonchev–Trinajstić information content (AvgIpc) is 2.75. The molecule has 1 fully saturated rings. The molecule has 2 aromatic rings. The number of fused-ring (bicyclic) bond motifs is 1. The Morgan fingerprint density at radius 1 is 1.41 bits per heavy atom. The molecule has 1 saturated heterocycles. The lowest BCUT2D eigenvalue weighted by molar-refractivity contribution is -0.0278. The van der Waals surface area contributed by atoms with Gasteiger partial charge in [0.05, 0.1) is 17.6 Å². The summed E-state index contributed by atoms with van der Waals surface area (Å²) in [5, 5.41) is 3.21. The highest BCUT2D eigenvalue weighted by Gasteiger charge is 2.28. The Kier molecular flexibility index (Phi) is 2.52. The molecule has 5 heteroatoms. The lowest BCUT2D eigenvalue weighted by Crippen LogP contribution is -2.48. The van der Waals surface area contributed by atoms with Crippen LogP contribution in [-0.4, -0.2) is 35.3 Å². The molecule has 0 aromatic carbocycles. The van der Waals surface area contributed by atoms with Gasteiger partial charge in [-0.2, -0.15) is 0 Å². The molecule has 0 unspecified atom stereocenters. The van der Waals surface area contributed by atoms with Gasteiger partial charge < -0.3 is 9.64 Å². The fraction of sp³-hybridized carbons (Fsp3) is 0.500. The molecule has 0 atom stereocenters. The maximum atomic E-state index is 5.73. The maximum absolute atomic E-state index is 5.73. The largest absolute Gasteiger partial charge is 0.372 e. The Balaban J connectivity index is 2.00. The Morgan fingerprint density at radius 3 is 3.12 bits per heavy atom. The quantitative estimate of drug-likeness (QED) is 0.777. The van der Waals surface area contributed by atoms with Gasteiger partial charge in [-0.3, -0.25) is 0 Å². The minimum absolute atomic E-state index is 0.106. The van der Waals surface area contributed by atoms with Gasteiger partial charge in [-0.25, -0.2) is 9.97 Å². The minimum Gasteiger partial charge on any atom is -0.372 e. The highest BCUT2D eigenvalue weighted by atomic mass is 32.1. The first-order chi connectivity index (χ1) is 8.16. The standard InChI is InChI=1S/C12H15N3OS/c1-12(2)7-15(4-5-16-12)10-9-3-6-17-11(9)14-8-13-10/h3,6,8H,4-5,7H2,1-2H3. The lowest BCUT2D eigenvalue weighted by atomic mass is 10.1. The van der Waals surface area contributed by atoms with Gasteiger partial charge in [0.1, 0.15) is 17.0 Å². The van der Waals surface area contributed by atoms with Crippen molar-refractivity contribution in [2.75, 3.05) is 24.6 Å². The number of morpholine rings is 1. The third kappa shape index (κ3) is 2.00. The van der Waals surface area contributed by atoms with Crippen LogP contribution >= 0.6 is 11.3 Å². The van der Waals surface area contributed by atoms with Crippen LogP contribution < -0.4 is 4.90 Å². The van der Waals surface area contributed by atoms with E-state index in [0.717, 1.165) is 35.7 Å². The summed E-state index contributed by atoms with van der Waals surface area (Å²) in [5.74, 6) is 1.03. The number of hydrogen-bond donors (Lipinski definition) is 0. The Hall–Kier alpha value is -1.20. The summed E-state index contributed by atoms with van der Waals surface area (Å²) in [6, 6.07) is 2.10. The molecule has 0 N–H and O–H groups in total. The van der Waals surface area contributed by atoms with E-state index in [-0.39, 0.29) is 5.60 Å². The van der Waals surface area contributed by atoms with Crippen LogP contribution in [0.2, 0.25) is 0 Å². The Labute approximate surface area is 104 Å². The molecule has 3 rings (SSSR count). The van der Waals surface area contributed by atoms with Crippen LogP contribution in [0.4, 0.5) is 5.82 Å². The molecule has 4 nitrogen and oxygen atoms in total. The maximum Gasteiger partial charge on any atom is 0.140 e. The number of anilines is 1. The molecule has 2 aromatic heterocycles. The van der Waals surface area contributed by atoms with Gasteiger partial charge in [0.25, 0.3) is 0 Å². The van der Waals surface area contributed by atoms with Crippen LogP contribution in [0.25, 0.3) is 10.2 Å². The first-order valence-corrected chi connectivity index (χ1v) is 6.61. The van der Waals surface area contributed by atoms with Gasteiger partial charge in [0.2, 0.25) is 0 Å². The van der Waals surface area contributed by atoms with Crippen LogP contribution in [0.3, 0.4) is 0 Å². The van der Waals surface area contributed by atoms with Gasteiger partial charge in [0, 0.05) is 13.1 Å². The van der Waals surface area contributed by atoms with Crippen molar-refractivity contribution in [1.82, 2.24) is 9.97 Å². The summed E-state index contributed by atoms with van der Waals surface area (Å²) in [7, 11) is 0. The van der Waals surface area contributed by atoms with Crippen LogP contribution in [-0.2, 0) is 4.74 Å². The van der Waals surface area contributed by atoms with Crippen LogP contribution in [0, 0.1) is 0 Å². The molecule has 0 radical (unpaired) electrons. The number of nitrogens with zero attached hydrogens (tertiary/aromatic N) is 3. The van der Waals surface area contributed by atoms with Crippen LogP contribution in [0.1, 0.15) is 13.8 Å². The van der Waals surface area contributed by atoms with E-state index in [1.54, 1.807) is 17.7 Å². The Bertz CT molecular complexity index is 537. The monoisotopic (exact) mass is 249 g/mol. The predicted octanol–water partition coefficient (Wildman–Crippen LogP) is 2.31. The molecule has 0 amide bonds. The van der Waals surface area contributed by atoms with E-state index in [2.05, 4.69) is 40.2 Å². The van der Waals surface area contributed by atoms with E-state index in [1.165, 1.54) is 0 Å². The third-order valence-electron chi connectivity index (χ3n) is 2.97. The highest BCUT2D eigenvalue weighted by Crippen LogP contribution is 2.29. The highest BCUT2D eigenvalue weighted by molar-refractivity contribution is 7.16. The summed E-state index contributed by atoms with van der Waals surface area (Å²) >= 11 is 1.66. The van der Waals surface area contributed by atoms with Gasteiger partial charge >= 0.3 is 0 Å². The van der Waals surface area contributed by atoms with Crippen molar-refractivity contribution >= 4 is 27.4 Å². The van der Waals surface area contributed by atoms with Crippen LogP contribution in [0.5, 0.6) is 0 Å². The zero-order chi connectivity index (χ0) is 11.9. The molecule has 0 spiro atoms. The second-order valence-electron chi connectivity index (χ2n) is 4.87. The van der Waals surface area contributed by atoms with Crippen molar-refractivity contribution in [2.45, 2.75) is 19.4 Å². The van der Waals surface area contributed by atoms with Crippen molar-refractivity contribution < 1.29 is 4.74 Å². The number of rotatable bonds is 1. The number of ether oxygens (including phenoxy) is 1. The molecular weight excluding hydrogens is 234 g/mol. The first kappa shape index (κ1) is 10.9. The van der Waals surface area contributed by atoms with E-state index in [1.807, 2.05) is 0 Å². The summed E-state index contributed by atoms with van der Waals surface area (Å²) < 4.78 is 5.73.